The van der Waals surface area contributed by atoms with Gasteiger partial charge in [-0.3, -0.25) is 9.59 Å². The maximum atomic E-state index is 12.7. The number of rotatable bonds is 5. The van der Waals surface area contributed by atoms with Gasteiger partial charge in [0.1, 0.15) is 0 Å². The number of anilines is 2. The number of carbonyl (C=O) groups is 1. The van der Waals surface area contributed by atoms with Crippen molar-refractivity contribution in [2.45, 2.75) is 0 Å². The van der Waals surface area contributed by atoms with E-state index in [4.69, 9.17) is 4.74 Å². The van der Waals surface area contributed by atoms with Crippen LogP contribution in [0.15, 0.2) is 65.5 Å². The number of ether oxygens (including phenoxy) is 1. The normalized spacial score (nSPS) is 10.3. The molecule has 2 aromatic carbocycles. The highest BCUT2D eigenvalue weighted by atomic mass is 16.5. The number of nitrogens with zero attached hydrogens (tertiary/aromatic N) is 3. The maximum absolute atomic E-state index is 12.7. The molecule has 0 radical (unpaired) electrons. The number of carbonyl (C=O) groups excluding carboxylic acids is 1. The zero-order valence-corrected chi connectivity index (χ0v) is 15.3. The molecule has 0 spiro atoms. The van der Waals surface area contributed by atoms with E-state index in [0.717, 1.165) is 5.69 Å². The number of para-hydroxylation sites is 1. The molecule has 1 amide bonds. The van der Waals surface area contributed by atoms with Crippen LogP contribution in [-0.4, -0.2) is 36.9 Å². The predicted molar refractivity (Wildman–Crippen MR) is 105 cm³/mol. The van der Waals surface area contributed by atoms with Crippen LogP contribution in [0.1, 0.15) is 10.5 Å². The summed E-state index contributed by atoms with van der Waals surface area (Å²) in [7, 11) is 5.27. The number of methoxy groups -OCH3 is 1. The van der Waals surface area contributed by atoms with Crippen molar-refractivity contribution in [1.82, 2.24) is 9.78 Å². The second kappa shape index (κ2) is 7.74. The van der Waals surface area contributed by atoms with Crippen LogP contribution >= 0.6 is 0 Å². The van der Waals surface area contributed by atoms with Gasteiger partial charge in [0.05, 0.1) is 18.9 Å². The Kier molecular flexibility index (Phi) is 5.21. The number of benzene rings is 2. The number of nitrogens with one attached hydrogen (secondary N) is 1. The van der Waals surface area contributed by atoms with Crippen LogP contribution in [0.25, 0.3) is 5.69 Å². The SMILES string of the molecule is COc1cc(=O)n(-c2ccccc2)nc1C(=O)Nc1ccc(N(C)C)cc1. The fourth-order valence-corrected chi connectivity index (χ4v) is 2.54. The minimum absolute atomic E-state index is 0.0256. The lowest BCUT2D eigenvalue weighted by atomic mass is 10.2. The summed E-state index contributed by atoms with van der Waals surface area (Å²) in [6.45, 7) is 0. The van der Waals surface area contributed by atoms with Crippen LogP contribution in [0.3, 0.4) is 0 Å². The molecule has 1 heterocycles. The average Bonchev–Trinajstić information content (AvgIpc) is 2.68. The summed E-state index contributed by atoms with van der Waals surface area (Å²) in [5.74, 6) is -0.344. The van der Waals surface area contributed by atoms with Gasteiger partial charge in [0.25, 0.3) is 11.5 Å². The maximum Gasteiger partial charge on any atom is 0.279 e. The molecular formula is C20H20N4O3. The predicted octanol–water partition coefficient (Wildman–Crippen LogP) is 2.56. The fourth-order valence-electron chi connectivity index (χ4n) is 2.54. The molecule has 7 heteroatoms. The molecule has 27 heavy (non-hydrogen) atoms. The van der Waals surface area contributed by atoms with Crippen molar-refractivity contribution in [3.8, 4) is 11.4 Å². The van der Waals surface area contributed by atoms with Crippen LogP contribution in [0, 0.1) is 0 Å². The summed E-state index contributed by atoms with van der Waals surface area (Å²) < 4.78 is 6.36. The van der Waals surface area contributed by atoms with Gasteiger partial charge in [-0.1, -0.05) is 18.2 Å². The minimum Gasteiger partial charge on any atom is -0.494 e. The topological polar surface area (TPSA) is 76.5 Å². The van der Waals surface area contributed by atoms with E-state index in [9.17, 15) is 9.59 Å². The molecule has 0 bridgehead atoms. The monoisotopic (exact) mass is 364 g/mol. The summed E-state index contributed by atoms with van der Waals surface area (Å²) in [6.07, 6.45) is 0. The second-order valence-electron chi connectivity index (χ2n) is 6.04. The largest absolute Gasteiger partial charge is 0.494 e. The first-order valence-electron chi connectivity index (χ1n) is 8.32. The molecule has 0 aliphatic heterocycles. The number of aromatic nitrogens is 2. The number of hydrogen-bond acceptors (Lipinski definition) is 5. The van der Waals surface area contributed by atoms with Crippen LogP contribution in [0.2, 0.25) is 0 Å². The zero-order valence-electron chi connectivity index (χ0n) is 15.3. The van der Waals surface area contributed by atoms with Crippen molar-refractivity contribution in [2.24, 2.45) is 0 Å². The Balaban J connectivity index is 1.94. The van der Waals surface area contributed by atoms with Gasteiger partial charge in [-0.15, -0.1) is 0 Å². The molecule has 1 aromatic heterocycles. The van der Waals surface area contributed by atoms with E-state index in [1.807, 2.05) is 37.2 Å². The van der Waals surface area contributed by atoms with E-state index in [1.54, 1.807) is 36.4 Å². The Morgan fingerprint density at radius 2 is 1.74 bits per heavy atom. The molecule has 0 unspecified atom stereocenters. The standard InChI is InChI=1S/C20H20N4O3/c1-23(2)15-11-9-14(10-12-15)21-20(26)19-17(27-3)13-18(25)24(22-19)16-7-5-4-6-8-16/h4-13H,1-3H3,(H,21,26). The van der Waals surface area contributed by atoms with Crippen molar-refractivity contribution < 1.29 is 9.53 Å². The first-order chi connectivity index (χ1) is 13.0. The van der Waals surface area contributed by atoms with Gasteiger partial charge in [0, 0.05) is 25.5 Å². The molecule has 0 atom stereocenters. The third-order valence-electron chi connectivity index (χ3n) is 3.97. The Bertz CT molecular complexity index is 996. The van der Waals surface area contributed by atoms with E-state index >= 15 is 0 Å². The zero-order chi connectivity index (χ0) is 19.4. The van der Waals surface area contributed by atoms with E-state index < -0.39 is 5.91 Å². The molecule has 0 aliphatic rings. The summed E-state index contributed by atoms with van der Waals surface area (Å²) in [4.78, 5) is 27.0. The summed E-state index contributed by atoms with van der Waals surface area (Å²) in [6, 6.07) is 17.5. The molecule has 3 aromatic rings. The quantitative estimate of drug-likeness (QED) is 0.753. The van der Waals surface area contributed by atoms with Crippen LogP contribution in [-0.2, 0) is 0 Å². The van der Waals surface area contributed by atoms with Gasteiger partial charge in [0.15, 0.2) is 11.4 Å². The molecule has 138 valence electrons. The van der Waals surface area contributed by atoms with Crippen LogP contribution in [0.4, 0.5) is 11.4 Å². The van der Waals surface area contributed by atoms with Crippen molar-refractivity contribution in [3.05, 3.63) is 76.7 Å². The molecule has 0 saturated heterocycles. The molecule has 7 nitrogen and oxygen atoms in total. The van der Waals surface area contributed by atoms with E-state index in [2.05, 4.69) is 10.4 Å². The van der Waals surface area contributed by atoms with E-state index in [-0.39, 0.29) is 17.0 Å². The molecule has 3 rings (SSSR count). The Morgan fingerprint density at radius 1 is 1.07 bits per heavy atom. The third kappa shape index (κ3) is 3.98. The van der Waals surface area contributed by atoms with Gasteiger partial charge in [-0.2, -0.15) is 9.78 Å². The van der Waals surface area contributed by atoms with E-state index in [1.165, 1.54) is 17.9 Å². The molecule has 0 fully saturated rings. The molecule has 0 saturated carbocycles. The van der Waals surface area contributed by atoms with Gasteiger partial charge in [-0.25, -0.2) is 0 Å². The lowest BCUT2D eigenvalue weighted by Crippen LogP contribution is -2.26. The van der Waals surface area contributed by atoms with Crippen molar-refractivity contribution in [2.75, 3.05) is 31.4 Å². The van der Waals surface area contributed by atoms with Gasteiger partial charge in [0.2, 0.25) is 0 Å². The number of amides is 1. The van der Waals surface area contributed by atoms with Crippen LogP contribution in [0.5, 0.6) is 5.75 Å². The van der Waals surface area contributed by atoms with Gasteiger partial charge >= 0.3 is 0 Å². The lowest BCUT2D eigenvalue weighted by molar-refractivity contribution is 0.101. The first kappa shape index (κ1) is 18.2. The highest BCUT2D eigenvalue weighted by Gasteiger charge is 2.18. The molecule has 0 aliphatic carbocycles. The van der Waals surface area contributed by atoms with Crippen molar-refractivity contribution in [3.63, 3.8) is 0 Å². The second-order valence-corrected chi connectivity index (χ2v) is 6.04. The summed E-state index contributed by atoms with van der Waals surface area (Å²) in [5, 5.41) is 7.00. The smallest absolute Gasteiger partial charge is 0.279 e. The minimum atomic E-state index is -0.464. The Hall–Kier alpha value is -3.61. The molecular weight excluding hydrogens is 344 g/mol. The average molecular weight is 364 g/mol. The fraction of sp³-hybridized carbons (Fsp3) is 0.150. The van der Waals surface area contributed by atoms with Crippen LogP contribution < -0.4 is 20.5 Å². The third-order valence-corrected chi connectivity index (χ3v) is 3.97. The lowest BCUT2D eigenvalue weighted by Gasteiger charge is -2.14. The van der Waals surface area contributed by atoms with Crippen molar-refractivity contribution >= 4 is 17.3 Å². The summed E-state index contributed by atoms with van der Waals surface area (Å²) >= 11 is 0. The number of hydrogen-bond donors (Lipinski definition) is 1. The van der Waals surface area contributed by atoms with Gasteiger partial charge in [-0.05, 0) is 36.4 Å². The first-order valence-corrected chi connectivity index (χ1v) is 8.32. The molecule has 1 N–H and O–H groups in total. The van der Waals surface area contributed by atoms with Gasteiger partial charge < -0.3 is 15.0 Å². The highest BCUT2D eigenvalue weighted by Crippen LogP contribution is 2.19. The Morgan fingerprint density at radius 3 is 2.33 bits per heavy atom. The van der Waals surface area contributed by atoms with E-state index in [0.29, 0.717) is 11.4 Å². The summed E-state index contributed by atoms with van der Waals surface area (Å²) in [5.41, 5.74) is 1.84. The van der Waals surface area contributed by atoms with Crippen molar-refractivity contribution in [1.29, 1.82) is 0 Å². The Labute approximate surface area is 156 Å². The highest BCUT2D eigenvalue weighted by molar-refractivity contribution is 6.04.